The van der Waals surface area contributed by atoms with Gasteiger partial charge in [0.1, 0.15) is 5.75 Å². The van der Waals surface area contributed by atoms with Crippen LogP contribution in [0.25, 0.3) is 0 Å². The van der Waals surface area contributed by atoms with Crippen molar-refractivity contribution in [3.05, 3.63) is 47.5 Å². The molecule has 2 aromatic carbocycles. The summed E-state index contributed by atoms with van der Waals surface area (Å²) in [5, 5.41) is 3.63. The average Bonchev–Trinajstić information content (AvgIpc) is 3.32. The zero-order chi connectivity index (χ0) is 22.5. The minimum atomic E-state index is 0.583. The normalized spacial score (nSPS) is 18.4. The predicted molar refractivity (Wildman–Crippen MR) is 128 cm³/mol. The van der Waals surface area contributed by atoms with Crippen LogP contribution in [0.2, 0.25) is 0 Å². The van der Waals surface area contributed by atoms with Crippen molar-refractivity contribution < 1.29 is 14.2 Å². The lowest BCUT2D eigenvalue weighted by Gasteiger charge is -2.32. The van der Waals surface area contributed by atoms with E-state index in [0.29, 0.717) is 5.92 Å². The SMILES string of the molecule is CN=C(NCC1CCN(c2cccc(OC)c2)C1)N1CCc2cc(OC)c(OC)cc2C1. The fourth-order valence-corrected chi connectivity index (χ4v) is 4.67. The number of ether oxygens (including phenoxy) is 3. The second-order valence-electron chi connectivity index (χ2n) is 8.38. The van der Waals surface area contributed by atoms with Gasteiger partial charge in [0.25, 0.3) is 0 Å². The Hall–Kier alpha value is -3.09. The maximum Gasteiger partial charge on any atom is 0.193 e. The predicted octanol–water partition coefficient (Wildman–Crippen LogP) is 3.17. The minimum Gasteiger partial charge on any atom is -0.497 e. The number of benzene rings is 2. The van der Waals surface area contributed by atoms with Gasteiger partial charge in [0.05, 0.1) is 21.3 Å². The molecule has 172 valence electrons. The zero-order valence-corrected chi connectivity index (χ0v) is 19.6. The fraction of sp³-hybridized carbons (Fsp3) is 0.480. The lowest BCUT2D eigenvalue weighted by molar-refractivity contribution is 0.345. The van der Waals surface area contributed by atoms with Crippen LogP contribution in [0, 0.1) is 5.92 Å². The quantitative estimate of drug-likeness (QED) is 0.552. The molecule has 0 saturated carbocycles. The summed E-state index contributed by atoms with van der Waals surface area (Å²) in [6.45, 7) is 4.77. The number of nitrogens with one attached hydrogen (secondary N) is 1. The van der Waals surface area contributed by atoms with Gasteiger partial charge in [-0.05, 0) is 54.2 Å². The van der Waals surface area contributed by atoms with Crippen molar-refractivity contribution in [1.82, 2.24) is 10.2 Å². The number of hydrogen-bond donors (Lipinski definition) is 1. The third-order valence-electron chi connectivity index (χ3n) is 6.48. The third kappa shape index (κ3) is 4.71. The minimum absolute atomic E-state index is 0.583. The van der Waals surface area contributed by atoms with Crippen LogP contribution < -0.4 is 24.4 Å². The number of rotatable bonds is 6. The fourth-order valence-electron chi connectivity index (χ4n) is 4.67. The highest BCUT2D eigenvalue weighted by molar-refractivity contribution is 5.80. The van der Waals surface area contributed by atoms with E-state index in [1.165, 1.54) is 23.2 Å². The van der Waals surface area contributed by atoms with Crippen molar-refractivity contribution >= 4 is 11.6 Å². The first-order valence-corrected chi connectivity index (χ1v) is 11.2. The van der Waals surface area contributed by atoms with Gasteiger partial charge in [-0.15, -0.1) is 0 Å². The molecule has 0 aliphatic carbocycles. The van der Waals surface area contributed by atoms with Gasteiger partial charge in [0.15, 0.2) is 17.5 Å². The average molecular weight is 439 g/mol. The van der Waals surface area contributed by atoms with Crippen molar-refractivity contribution in [1.29, 1.82) is 0 Å². The summed E-state index contributed by atoms with van der Waals surface area (Å²) < 4.78 is 16.3. The zero-order valence-electron chi connectivity index (χ0n) is 19.6. The molecule has 1 fully saturated rings. The second kappa shape index (κ2) is 10.0. The van der Waals surface area contributed by atoms with Crippen LogP contribution in [0.15, 0.2) is 41.4 Å². The maximum atomic E-state index is 5.50. The highest BCUT2D eigenvalue weighted by Gasteiger charge is 2.25. The van der Waals surface area contributed by atoms with E-state index in [0.717, 1.165) is 62.4 Å². The van der Waals surface area contributed by atoms with Crippen LogP contribution in [-0.2, 0) is 13.0 Å². The molecule has 0 amide bonds. The molecule has 7 nitrogen and oxygen atoms in total. The van der Waals surface area contributed by atoms with Gasteiger partial charge < -0.3 is 29.3 Å². The molecule has 4 rings (SSSR count). The Morgan fingerprint density at radius 2 is 1.81 bits per heavy atom. The van der Waals surface area contributed by atoms with E-state index >= 15 is 0 Å². The van der Waals surface area contributed by atoms with E-state index in [1.54, 1.807) is 21.3 Å². The van der Waals surface area contributed by atoms with Crippen molar-refractivity contribution in [2.24, 2.45) is 10.9 Å². The van der Waals surface area contributed by atoms with Crippen molar-refractivity contribution in [2.45, 2.75) is 19.4 Å². The summed E-state index contributed by atoms with van der Waals surface area (Å²) in [5.41, 5.74) is 3.81. The summed E-state index contributed by atoms with van der Waals surface area (Å²) in [7, 11) is 6.95. The number of anilines is 1. The van der Waals surface area contributed by atoms with E-state index in [2.05, 4.69) is 50.4 Å². The molecule has 2 aromatic rings. The Labute approximate surface area is 191 Å². The summed E-state index contributed by atoms with van der Waals surface area (Å²) in [6.07, 6.45) is 2.13. The van der Waals surface area contributed by atoms with Gasteiger partial charge in [0, 0.05) is 51.5 Å². The van der Waals surface area contributed by atoms with Gasteiger partial charge in [-0.2, -0.15) is 0 Å². The topological polar surface area (TPSA) is 58.6 Å². The lowest BCUT2D eigenvalue weighted by Crippen LogP contribution is -2.45. The molecular formula is C25H34N4O3. The molecule has 1 N–H and O–H groups in total. The molecule has 2 aliphatic rings. The van der Waals surface area contributed by atoms with Gasteiger partial charge in [0.2, 0.25) is 0 Å². The van der Waals surface area contributed by atoms with Crippen LogP contribution >= 0.6 is 0 Å². The monoisotopic (exact) mass is 438 g/mol. The second-order valence-corrected chi connectivity index (χ2v) is 8.38. The first-order chi connectivity index (χ1) is 15.6. The third-order valence-corrected chi connectivity index (χ3v) is 6.48. The van der Waals surface area contributed by atoms with E-state index in [1.807, 2.05) is 13.1 Å². The molecular weight excluding hydrogens is 404 g/mol. The number of fused-ring (bicyclic) bond motifs is 1. The van der Waals surface area contributed by atoms with Crippen molar-refractivity contribution in [3.63, 3.8) is 0 Å². The summed E-state index contributed by atoms with van der Waals surface area (Å²) in [4.78, 5) is 9.33. The first kappa shape index (κ1) is 22.1. The molecule has 1 atom stereocenters. The molecule has 2 heterocycles. The number of aliphatic imine (C=N–C) groups is 1. The Morgan fingerprint density at radius 3 is 2.53 bits per heavy atom. The number of nitrogens with zero attached hydrogens (tertiary/aromatic N) is 3. The summed E-state index contributed by atoms with van der Waals surface area (Å²) >= 11 is 0. The van der Waals surface area contributed by atoms with Gasteiger partial charge >= 0.3 is 0 Å². The van der Waals surface area contributed by atoms with E-state index in [9.17, 15) is 0 Å². The number of hydrogen-bond acceptors (Lipinski definition) is 5. The molecule has 32 heavy (non-hydrogen) atoms. The summed E-state index contributed by atoms with van der Waals surface area (Å²) in [5.74, 6) is 4.03. The van der Waals surface area contributed by atoms with Crippen LogP contribution in [0.3, 0.4) is 0 Å². The molecule has 7 heteroatoms. The van der Waals surface area contributed by atoms with Crippen LogP contribution in [0.4, 0.5) is 5.69 Å². The summed E-state index contributed by atoms with van der Waals surface area (Å²) in [6, 6.07) is 12.5. The number of guanidine groups is 1. The van der Waals surface area contributed by atoms with Crippen molar-refractivity contribution in [3.8, 4) is 17.2 Å². The van der Waals surface area contributed by atoms with E-state index in [4.69, 9.17) is 14.2 Å². The Balaban J connectivity index is 1.35. The Bertz CT molecular complexity index is 962. The molecule has 2 aliphatic heterocycles. The molecule has 0 radical (unpaired) electrons. The van der Waals surface area contributed by atoms with E-state index in [-0.39, 0.29) is 0 Å². The number of methoxy groups -OCH3 is 3. The van der Waals surface area contributed by atoms with Gasteiger partial charge in [-0.25, -0.2) is 0 Å². The smallest absolute Gasteiger partial charge is 0.193 e. The Kier molecular flexibility index (Phi) is 6.93. The maximum absolute atomic E-state index is 5.50. The van der Waals surface area contributed by atoms with Crippen LogP contribution in [-0.4, -0.2) is 65.4 Å². The standard InChI is InChI=1S/C25H34N4O3/c1-26-25(29-11-9-19-12-23(31-3)24(32-4)13-20(19)17-29)27-15-18-8-10-28(16-18)21-6-5-7-22(14-21)30-2/h5-7,12-14,18H,8-11,15-17H2,1-4H3,(H,26,27). The van der Waals surface area contributed by atoms with E-state index < -0.39 is 0 Å². The molecule has 1 unspecified atom stereocenters. The van der Waals surface area contributed by atoms with Gasteiger partial charge in [-0.3, -0.25) is 4.99 Å². The highest BCUT2D eigenvalue weighted by atomic mass is 16.5. The lowest BCUT2D eigenvalue weighted by atomic mass is 9.99. The largest absolute Gasteiger partial charge is 0.497 e. The highest BCUT2D eigenvalue weighted by Crippen LogP contribution is 2.33. The Morgan fingerprint density at radius 1 is 1.03 bits per heavy atom. The van der Waals surface area contributed by atoms with Crippen LogP contribution in [0.5, 0.6) is 17.2 Å². The molecule has 0 spiro atoms. The van der Waals surface area contributed by atoms with Crippen molar-refractivity contribution in [2.75, 3.05) is 59.5 Å². The first-order valence-electron chi connectivity index (χ1n) is 11.2. The molecule has 0 aromatic heterocycles. The molecule has 1 saturated heterocycles. The van der Waals surface area contributed by atoms with Gasteiger partial charge in [-0.1, -0.05) is 6.07 Å². The molecule has 0 bridgehead atoms. The van der Waals surface area contributed by atoms with Crippen LogP contribution in [0.1, 0.15) is 17.5 Å².